The zero-order chi connectivity index (χ0) is 21.1. The van der Waals surface area contributed by atoms with Crippen molar-refractivity contribution in [3.8, 4) is 11.1 Å². The van der Waals surface area contributed by atoms with Crippen LogP contribution in [0.5, 0.6) is 0 Å². The summed E-state index contributed by atoms with van der Waals surface area (Å²) in [6, 6.07) is 4.05. The van der Waals surface area contributed by atoms with Crippen LogP contribution in [0, 0.1) is 6.92 Å². The number of hydrogen-bond donors (Lipinski definition) is 3. The highest BCUT2D eigenvalue weighted by Gasteiger charge is 2.27. The number of nitrogens with zero attached hydrogens (tertiary/aromatic N) is 5. The molecule has 2 aromatic rings. The normalized spacial score (nSPS) is 17.8. The summed E-state index contributed by atoms with van der Waals surface area (Å²) in [6.45, 7) is 4.57. The van der Waals surface area contributed by atoms with Gasteiger partial charge in [0.2, 0.25) is 5.95 Å². The van der Waals surface area contributed by atoms with Crippen molar-refractivity contribution in [3.05, 3.63) is 24.0 Å². The second kappa shape index (κ2) is 8.73. The van der Waals surface area contributed by atoms with Crippen molar-refractivity contribution < 1.29 is 4.79 Å². The molecule has 5 N–H and O–H groups in total. The first-order valence-corrected chi connectivity index (χ1v) is 10.7. The highest BCUT2D eigenvalue weighted by Crippen LogP contribution is 2.32. The maximum absolute atomic E-state index is 12.7. The van der Waals surface area contributed by atoms with Gasteiger partial charge in [-0.1, -0.05) is 19.3 Å². The minimum atomic E-state index is 0.0443. The molecule has 2 amide bonds. The number of nitrogens with one attached hydrogen (secondary N) is 1. The Bertz CT molecular complexity index is 887. The molecule has 0 radical (unpaired) electrons. The lowest BCUT2D eigenvalue weighted by molar-refractivity contribution is 0.186. The maximum Gasteiger partial charge on any atom is 0.317 e. The third-order valence-electron chi connectivity index (χ3n) is 5.96. The molecule has 0 spiro atoms. The Morgan fingerprint density at radius 1 is 1.07 bits per heavy atom. The van der Waals surface area contributed by atoms with Gasteiger partial charge in [0.1, 0.15) is 11.6 Å². The van der Waals surface area contributed by atoms with Gasteiger partial charge in [-0.2, -0.15) is 4.98 Å². The van der Waals surface area contributed by atoms with E-state index in [4.69, 9.17) is 11.5 Å². The summed E-state index contributed by atoms with van der Waals surface area (Å²) in [5.74, 6) is 1.48. The highest BCUT2D eigenvalue weighted by atomic mass is 16.2. The Labute approximate surface area is 176 Å². The molecule has 9 nitrogen and oxygen atoms in total. The van der Waals surface area contributed by atoms with E-state index in [0.29, 0.717) is 38.0 Å². The van der Waals surface area contributed by atoms with Crippen molar-refractivity contribution in [2.45, 2.75) is 45.1 Å². The third kappa shape index (κ3) is 4.39. The fraction of sp³-hybridized carbons (Fsp3) is 0.524. The van der Waals surface area contributed by atoms with Crippen molar-refractivity contribution in [2.75, 3.05) is 42.5 Å². The Morgan fingerprint density at radius 3 is 2.47 bits per heavy atom. The number of amides is 2. The molecule has 1 saturated carbocycles. The maximum atomic E-state index is 12.7. The number of carbonyl (C=O) groups is 1. The van der Waals surface area contributed by atoms with Crippen molar-refractivity contribution in [1.82, 2.24) is 25.2 Å². The quantitative estimate of drug-likeness (QED) is 0.708. The molecule has 30 heavy (non-hydrogen) atoms. The summed E-state index contributed by atoms with van der Waals surface area (Å²) in [4.78, 5) is 29.8. The SMILES string of the molecule is Cc1nc(N)nc(N2CCN(C(=O)NC3CCCCC3)CC2)c1-c1ccc(N)nc1. The summed E-state index contributed by atoms with van der Waals surface area (Å²) in [5, 5.41) is 3.21. The van der Waals surface area contributed by atoms with Gasteiger partial charge in [-0.15, -0.1) is 0 Å². The first-order chi connectivity index (χ1) is 14.5. The van der Waals surface area contributed by atoms with Crippen LogP contribution >= 0.6 is 0 Å². The summed E-state index contributed by atoms with van der Waals surface area (Å²) in [6.07, 6.45) is 7.59. The molecule has 160 valence electrons. The number of rotatable bonds is 3. The average Bonchev–Trinajstić information content (AvgIpc) is 2.75. The molecule has 3 heterocycles. The van der Waals surface area contributed by atoms with Gasteiger partial charge in [0.05, 0.1) is 5.69 Å². The molecule has 1 aliphatic heterocycles. The van der Waals surface area contributed by atoms with Crippen LogP contribution < -0.4 is 21.7 Å². The van der Waals surface area contributed by atoms with Crippen LogP contribution in [-0.2, 0) is 0 Å². The Kier molecular flexibility index (Phi) is 5.87. The number of nitrogens with two attached hydrogens (primary N) is 2. The molecule has 0 unspecified atom stereocenters. The van der Waals surface area contributed by atoms with Crippen LogP contribution in [0.3, 0.4) is 0 Å². The molecule has 4 rings (SSSR count). The number of carbonyl (C=O) groups excluding carboxylic acids is 1. The monoisotopic (exact) mass is 410 g/mol. The second-order valence-electron chi connectivity index (χ2n) is 8.10. The van der Waals surface area contributed by atoms with E-state index in [0.717, 1.165) is 35.5 Å². The van der Waals surface area contributed by atoms with Gasteiger partial charge in [-0.05, 0) is 31.9 Å². The zero-order valence-electron chi connectivity index (χ0n) is 17.5. The molecule has 0 bridgehead atoms. The number of urea groups is 1. The van der Waals surface area contributed by atoms with E-state index < -0.39 is 0 Å². The van der Waals surface area contributed by atoms with Crippen LogP contribution in [0.25, 0.3) is 11.1 Å². The number of anilines is 3. The predicted molar refractivity (Wildman–Crippen MR) is 118 cm³/mol. The summed E-state index contributed by atoms with van der Waals surface area (Å²) in [7, 11) is 0. The van der Waals surface area contributed by atoms with Gasteiger partial charge in [-0.25, -0.2) is 14.8 Å². The lowest BCUT2D eigenvalue weighted by Gasteiger charge is -2.37. The summed E-state index contributed by atoms with van der Waals surface area (Å²) < 4.78 is 0. The Morgan fingerprint density at radius 2 is 1.80 bits per heavy atom. The van der Waals surface area contributed by atoms with Crippen LogP contribution in [0.15, 0.2) is 18.3 Å². The Balaban J connectivity index is 1.48. The predicted octanol–water partition coefficient (Wildman–Crippen LogP) is 2.18. The van der Waals surface area contributed by atoms with Gasteiger partial charge in [0, 0.05) is 49.5 Å². The van der Waals surface area contributed by atoms with Crippen LogP contribution in [0.4, 0.5) is 22.4 Å². The Hall–Kier alpha value is -3.10. The first-order valence-electron chi connectivity index (χ1n) is 10.7. The molecule has 9 heteroatoms. The van der Waals surface area contributed by atoms with Crippen molar-refractivity contribution in [3.63, 3.8) is 0 Å². The van der Waals surface area contributed by atoms with Crippen LogP contribution in [0.1, 0.15) is 37.8 Å². The smallest absolute Gasteiger partial charge is 0.317 e. The van der Waals surface area contributed by atoms with E-state index in [-0.39, 0.29) is 12.0 Å². The van der Waals surface area contributed by atoms with Crippen LogP contribution in [0.2, 0.25) is 0 Å². The van der Waals surface area contributed by atoms with E-state index in [2.05, 4.69) is 25.2 Å². The summed E-state index contributed by atoms with van der Waals surface area (Å²) in [5.41, 5.74) is 14.3. The van der Waals surface area contributed by atoms with Crippen molar-refractivity contribution in [2.24, 2.45) is 0 Å². The van der Waals surface area contributed by atoms with E-state index in [9.17, 15) is 4.79 Å². The summed E-state index contributed by atoms with van der Waals surface area (Å²) >= 11 is 0. The van der Waals surface area contributed by atoms with Gasteiger partial charge in [0.25, 0.3) is 0 Å². The van der Waals surface area contributed by atoms with Gasteiger partial charge in [-0.3, -0.25) is 0 Å². The minimum absolute atomic E-state index is 0.0443. The van der Waals surface area contributed by atoms with Gasteiger partial charge in [0.15, 0.2) is 0 Å². The largest absolute Gasteiger partial charge is 0.384 e. The number of aromatic nitrogens is 3. The minimum Gasteiger partial charge on any atom is -0.384 e. The lowest BCUT2D eigenvalue weighted by Crippen LogP contribution is -2.54. The standard InChI is InChI=1S/C21H30N8O/c1-14-18(15-7-8-17(22)24-13-15)19(27-20(23)25-14)28-9-11-29(12-10-28)21(30)26-16-5-3-2-4-6-16/h7-8,13,16H,2-6,9-12H2,1H3,(H2,22,24)(H,26,30)(H2,23,25,27). The van der Waals surface area contributed by atoms with Gasteiger partial charge < -0.3 is 26.6 Å². The molecular weight excluding hydrogens is 380 g/mol. The molecule has 0 atom stereocenters. The van der Waals surface area contributed by atoms with Gasteiger partial charge >= 0.3 is 6.03 Å². The average molecular weight is 411 g/mol. The number of piperazine rings is 1. The van der Waals surface area contributed by atoms with E-state index in [1.165, 1.54) is 19.3 Å². The second-order valence-corrected chi connectivity index (χ2v) is 8.10. The van der Waals surface area contributed by atoms with Crippen LogP contribution in [-0.4, -0.2) is 58.1 Å². The number of hydrogen-bond acceptors (Lipinski definition) is 7. The molecule has 2 fully saturated rings. The van der Waals surface area contributed by atoms with E-state index in [1.807, 2.05) is 17.9 Å². The van der Waals surface area contributed by atoms with Crippen molar-refractivity contribution >= 4 is 23.6 Å². The number of pyridine rings is 1. The molecule has 1 aliphatic carbocycles. The van der Waals surface area contributed by atoms with E-state index >= 15 is 0 Å². The molecule has 1 saturated heterocycles. The van der Waals surface area contributed by atoms with E-state index in [1.54, 1.807) is 12.3 Å². The fourth-order valence-electron chi connectivity index (χ4n) is 4.33. The third-order valence-corrected chi connectivity index (χ3v) is 5.96. The number of aryl methyl sites for hydroxylation is 1. The number of nitrogen functional groups attached to an aromatic ring is 2. The zero-order valence-corrected chi connectivity index (χ0v) is 17.5. The first kappa shape index (κ1) is 20.2. The highest BCUT2D eigenvalue weighted by molar-refractivity contribution is 5.79. The topological polar surface area (TPSA) is 126 Å². The van der Waals surface area contributed by atoms with Crippen molar-refractivity contribution in [1.29, 1.82) is 0 Å². The lowest BCUT2D eigenvalue weighted by atomic mass is 9.96. The molecular formula is C21H30N8O. The fourth-order valence-corrected chi connectivity index (χ4v) is 4.33. The molecule has 2 aliphatic rings. The molecule has 0 aromatic carbocycles. The molecule has 2 aromatic heterocycles.